The van der Waals surface area contributed by atoms with E-state index in [0.717, 1.165) is 6.42 Å². The molecule has 24 heavy (non-hydrogen) atoms. The lowest BCUT2D eigenvalue weighted by Crippen LogP contribution is -2.53. The molecule has 0 N–H and O–H groups in total. The molecule has 0 aromatic carbocycles. The van der Waals surface area contributed by atoms with Gasteiger partial charge < -0.3 is 4.90 Å². The van der Waals surface area contributed by atoms with Crippen molar-refractivity contribution in [2.24, 2.45) is 0 Å². The van der Waals surface area contributed by atoms with Gasteiger partial charge in [0.1, 0.15) is 5.82 Å². The van der Waals surface area contributed by atoms with Crippen molar-refractivity contribution in [1.29, 1.82) is 0 Å². The lowest BCUT2D eigenvalue weighted by molar-refractivity contribution is -0.151. The molecule has 7 heteroatoms. The van der Waals surface area contributed by atoms with E-state index in [1.54, 1.807) is 10.6 Å². The number of aromatic nitrogens is 2. The molecule has 0 bridgehead atoms. The normalized spacial score (nSPS) is 19.3. The Morgan fingerprint density at radius 2 is 2.12 bits per heavy atom. The number of alkyl halides is 1. The first-order valence-corrected chi connectivity index (χ1v) is 8.58. The van der Waals surface area contributed by atoms with Crippen molar-refractivity contribution in [3.63, 3.8) is 0 Å². The van der Waals surface area contributed by atoms with Gasteiger partial charge in [0.05, 0.1) is 12.2 Å². The van der Waals surface area contributed by atoms with Gasteiger partial charge in [0.25, 0.3) is 11.5 Å². The summed E-state index contributed by atoms with van der Waals surface area (Å²) in [6, 6.07) is 1.90. The molecule has 132 valence electrons. The molecule has 0 saturated heterocycles. The number of amides is 1. The number of nitrogens with zero attached hydrogens (tertiary/aromatic N) is 4. The third kappa shape index (κ3) is 3.09. The van der Waals surface area contributed by atoms with Gasteiger partial charge in [-0.15, -0.1) is 0 Å². The van der Waals surface area contributed by atoms with E-state index in [1.165, 1.54) is 4.90 Å². The van der Waals surface area contributed by atoms with E-state index in [9.17, 15) is 14.0 Å². The van der Waals surface area contributed by atoms with Crippen LogP contribution in [0.5, 0.6) is 0 Å². The fraction of sp³-hybridized carbons (Fsp3) is 0.706. The van der Waals surface area contributed by atoms with E-state index in [1.807, 2.05) is 7.05 Å². The molecule has 1 fully saturated rings. The lowest BCUT2D eigenvalue weighted by atomic mass is 9.81. The molecule has 0 unspecified atom stereocenters. The number of halogens is 1. The average Bonchev–Trinajstić information content (AvgIpc) is 2.51. The van der Waals surface area contributed by atoms with Gasteiger partial charge in [0.15, 0.2) is 5.67 Å². The van der Waals surface area contributed by atoms with Crippen LogP contribution in [0, 0.1) is 0 Å². The summed E-state index contributed by atoms with van der Waals surface area (Å²) in [7, 11) is 1.97. The lowest BCUT2D eigenvalue weighted by Gasteiger charge is -2.38. The molecule has 1 aliphatic carbocycles. The van der Waals surface area contributed by atoms with Crippen LogP contribution in [0.2, 0.25) is 0 Å². The first-order valence-electron chi connectivity index (χ1n) is 8.58. The topological polar surface area (TPSA) is 58.4 Å². The van der Waals surface area contributed by atoms with E-state index in [4.69, 9.17) is 0 Å². The van der Waals surface area contributed by atoms with E-state index in [-0.39, 0.29) is 12.1 Å². The summed E-state index contributed by atoms with van der Waals surface area (Å²) in [6.45, 7) is 5.67. The van der Waals surface area contributed by atoms with Crippen LogP contribution >= 0.6 is 0 Å². The maximum absolute atomic E-state index is 14.4. The Hall–Kier alpha value is -1.76. The zero-order valence-corrected chi connectivity index (χ0v) is 14.6. The summed E-state index contributed by atoms with van der Waals surface area (Å²) in [6.07, 6.45) is 1.37. The Morgan fingerprint density at radius 1 is 1.42 bits per heavy atom. The highest BCUT2D eigenvalue weighted by Crippen LogP contribution is 2.37. The second kappa shape index (κ2) is 6.27. The minimum atomic E-state index is -1.70. The second-order valence-electron chi connectivity index (χ2n) is 7.21. The van der Waals surface area contributed by atoms with Crippen LogP contribution in [0.1, 0.15) is 44.6 Å². The van der Waals surface area contributed by atoms with Gasteiger partial charge >= 0.3 is 0 Å². The third-order valence-electron chi connectivity index (χ3n) is 5.18. The Bertz CT molecular complexity index is 696. The minimum Gasteiger partial charge on any atom is -0.331 e. The van der Waals surface area contributed by atoms with Gasteiger partial charge in [0.2, 0.25) is 0 Å². The first kappa shape index (κ1) is 17.1. The molecular formula is C17H25FN4O2. The van der Waals surface area contributed by atoms with Crippen molar-refractivity contribution in [2.45, 2.75) is 64.5 Å². The third-order valence-corrected chi connectivity index (χ3v) is 5.18. The Kier molecular flexibility index (Phi) is 4.46. The summed E-state index contributed by atoms with van der Waals surface area (Å²) < 4.78 is 16.0. The number of fused-ring (bicyclic) bond motifs is 1. The van der Waals surface area contributed by atoms with Crippen molar-refractivity contribution >= 4 is 5.91 Å². The molecule has 1 aliphatic heterocycles. The number of hydrogen-bond acceptors (Lipinski definition) is 4. The van der Waals surface area contributed by atoms with E-state index in [0.29, 0.717) is 50.0 Å². The predicted octanol–water partition coefficient (Wildman–Crippen LogP) is 1.32. The molecule has 1 amide bonds. The van der Waals surface area contributed by atoms with Crippen LogP contribution in [0.15, 0.2) is 10.9 Å². The zero-order chi connectivity index (χ0) is 17.5. The van der Waals surface area contributed by atoms with Crippen molar-refractivity contribution in [3.8, 4) is 0 Å². The van der Waals surface area contributed by atoms with Crippen molar-refractivity contribution in [1.82, 2.24) is 19.4 Å². The molecule has 1 aromatic heterocycles. The molecule has 0 radical (unpaired) electrons. The Morgan fingerprint density at radius 3 is 2.71 bits per heavy atom. The maximum Gasteiger partial charge on any atom is 0.260 e. The highest BCUT2D eigenvalue weighted by atomic mass is 19.1. The van der Waals surface area contributed by atoms with Crippen LogP contribution in [0.4, 0.5) is 4.39 Å². The quantitative estimate of drug-likeness (QED) is 0.832. The predicted molar refractivity (Wildman–Crippen MR) is 88.2 cm³/mol. The van der Waals surface area contributed by atoms with Crippen molar-refractivity contribution in [3.05, 3.63) is 27.9 Å². The zero-order valence-electron chi connectivity index (χ0n) is 14.6. The summed E-state index contributed by atoms with van der Waals surface area (Å²) in [4.78, 5) is 32.8. The van der Waals surface area contributed by atoms with Gasteiger partial charge in [-0.2, -0.15) is 0 Å². The monoisotopic (exact) mass is 336 g/mol. The smallest absolute Gasteiger partial charge is 0.260 e. The van der Waals surface area contributed by atoms with Crippen LogP contribution < -0.4 is 5.56 Å². The van der Waals surface area contributed by atoms with Crippen LogP contribution in [-0.4, -0.2) is 50.6 Å². The summed E-state index contributed by atoms with van der Waals surface area (Å²) in [5, 5.41) is 0. The number of carbonyl (C=O) groups is 1. The minimum absolute atomic E-state index is 0.0992. The SMILES string of the molecule is CC(C)N(C)Cc1cc(=O)n2c(n1)CN(C(=O)C1(F)CCC1)CC2. The molecule has 6 nitrogen and oxygen atoms in total. The highest BCUT2D eigenvalue weighted by molar-refractivity contribution is 5.86. The van der Waals surface area contributed by atoms with E-state index >= 15 is 0 Å². The molecule has 3 rings (SSSR count). The number of hydrogen-bond donors (Lipinski definition) is 0. The van der Waals surface area contributed by atoms with Gasteiger partial charge in [-0.05, 0) is 40.2 Å². The standard InChI is InChI=1S/C17H25FN4O2/c1-12(2)20(3)10-13-9-15(23)22-8-7-21(11-14(22)19-13)16(24)17(18)5-4-6-17/h9,12H,4-8,10-11H2,1-3H3. The van der Waals surface area contributed by atoms with Gasteiger partial charge in [-0.1, -0.05) is 0 Å². The van der Waals surface area contributed by atoms with Crippen LogP contribution in [-0.2, 0) is 24.4 Å². The molecule has 0 spiro atoms. The summed E-state index contributed by atoms with van der Waals surface area (Å²) >= 11 is 0. The summed E-state index contributed by atoms with van der Waals surface area (Å²) in [5.74, 6) is 0.108. The number of carbonyl (C=O) groups excluding carboxylic acids is 1. The summed E-state index contributed by atoms with van der Waals surface area (Å²) in [5.41, 5.74) is -1.11. The van der Waals surface area contributed by atoms with E-state index in [2.05, 4.69) is 23.7 Å². The first-order chi connectivity index (χ1) is 11.3. The van der Waals surface area contributed by atoms with Crippen molar-refractivity contribution in [2.75, 3.05) is 13.6 Å². The van der Waals surface area contributed by atoms with Gasteiger partial charge in [-0.25, -0.2) is 9.37 Å². The molecule has 1 aromatic rings. The molecule has 2 aliphatic rings. The Labute approximate surface area is 141 Å². The molecule has 2 heterocycles. The van der Waals surface area contributed by atoms with Gasteiger partial charge in [-0.3, -0.25) is 19.1 Å². The Balaban J connectivity index is 1.80. The second-order valence-corrected chi connectivity index (χ2v) is 7.21. The van der Waals surface area contributed by atoms with Gasteiger partial charge in [0, 0.05) is 31.7 Å². The van der Waals surface area contributed by atoms with Crippen molar-refractivity contribution < 1.29 is 9.18 Å². The largest absolute Gasteiger partial charge is 0.331 e. The molecular weight excluding hydrogens is 311 g/mol. The number of rotatable bonds is 4. The highest BCUT2D eigenvalue weighted by Gasteiger charge is 2.47. The van der Waals surface area contributed by atoms with E-state index < -0.39 is 11.6 Å². The fourth-order valence-corrected chi connectivity index (χ4v) is 3.11. The van der Waals surface area contributed by atoms with Crippen LogP contribution in [0.3, 0.4) is 0 Å². The fourth-order valence-electron chi connectivity index (χ4n) is 3.11. The van der Waals surface area contributed by atoms with Crippen LogP contribution in [0.25, 0.3) is 0 Å². The molecule has 1 saturated carbocycles. The maximum atomic E-state index is 14.4. The average molecular weight is 336 g/mol. The molecule has 0 atom stereocenters.